The number of fused-ring (bicyclic) bond motifs is 2. The summed E-state index contributed by atoms with van der Waals surface area (Å²) in [7, 11) is -3.76. The molecule has 0 radical (unpaired) electrons. The van der Waals surface area contributed by atoms with Gasteiger partial charge in [0.05, 0.1) is 13.2 Å². The summed E-state index contributed by atoms with van der Waals surface area (Å²) in [6.45, 7) is 24.4. The zero-order valence-electron chi connectivity index (χ0n) is 22.2. The Hall–Kier alpha value is -0.986. The minimum atomic E-state index is -1.88. The van der Waals surface area contributed by atoms with E-state index in [2.05, 4.69) is 126 Å². The number of rotatable bonds is 6. The molecule has 0 aromatic heterocycles. The summed E-state index contributed by atoms with van der Waals surface area (Å²) in [4.78, 5) is 0. The molecule has 0 saturated heterocycles. The van der Waals surface area contributed by atoms with Gasteiger partial charge in [0.2, 0.25) is 0 Å². The smallest absolute Gasteiger partial charge is 0.192 e. The normalized spacial score (nSPS) is 13.8. The van der Waals surface area contributed by atoms with Crippen LogP contribution >= 0.6 is 15.9 Å². The Kier molecular flexibility index (Phi) is 7.45. The quantitative estimate of drug-likeness (QED) is 0.227. The Labute approximate surface area is 211 Å². The molecule has 0 aliphatic rings. The average molecular weight is 546 g/mol. The van der Waals surface area contributed by atoms with Crippen LogP contribution in [-0.2, 0) is 22.1 Å². The van der Waals surface area contributed by atoms with Gasteiger partial charge in [-0.3, -0.25) is 0 Å². The summed E-state index contributed by atoms with van der Waals surface area (Å²) < 4.78 is 14.6. The van der Waals surface area contributed by atoms with E-state index in [1.165, 1.54) is 32.7 Å². The first kappa shape index (κ1) is 26.6. The Balaban J connectivity index is 2.18. The third kappa shape index (κ3) is 5.48. The molecule has 0 fully saturated rings. The van der Waals surface area contributed by atoms with Gasteiger partial charge in [-0.2, -0.15) is 0 Å². The summed E-state index contributed by atoms with van der Waals surface area (Å²) in [6, 6.07) is 15.4. The van der Waals surface area contributed by atoms with Crippen LogP contribution in [0.3, 0.4) is 0 Å². The van der Waals surface area contributed by atoms with E-state index in [9.17, 15) is 0 Å². The summed E-state index contributed by atoms with van der Waals surface area (Å²) in [5, 5.41) is 5.44. The molecule has 33 heavy (non-hydrogen) atoms. The molecule has 0 bridgehead atoms. The molecule has 0 spiro atoms. The molecule has 0 aliphatic heterocycles. The van der Waals surface area contributed by atoms with Crippen LogP contribution in [0.25, 0.3) is 21.5 Å². The second-order valence-electron chi connectivity index (χ2n) is 12.3. The van der Waals surface area contributed by atoms with Crippen LogP contribution in [-0.4, -0.2) is 16.6 Å². The number of hydrogen-bond acceptors (Lipinski definition) is 2. The highest BCUT2D eigenvalue weighted by molar-refractivity contribution is 9.10. The van der Waals surface area contributed by atoms with Crippen molar-refractivity contribution in [1.29, 1.82) is 0 Å². The van der Waals surface area contributed by atoms with Crippen molar-refractivity contribution in [1.82, 2.24) is 0 Å². The van der Waals surface area contributed by atoms with Crippen molar-refractivity contribution < 1.29 is 8.85 Å². The van der Waals surface area contributed by atoms with Crippen LogP contribution in [0.2, 0.25) is 36.3 Å². The summed E-state index contributed by atoms with van der Waals surface area (Å²) in [6.07, 6.45) is 0. The number of benzene rings is 3. The monoisotopic (exact) mass is 544 g/mol. The molecule has 3 aromatic rings. The van der Waals surface area contributed by atoms with Gasteiger partial charge in [-0.1, -0.05) is 87.8 Å². The molecular formula is C28H41BrO2Si2. The third-order valence-electron chi connectivity index (χ3n) is 7.98. The fourth-order valence-electron chi connectivity index (χ4n) is 3.58. The van der Waals surface area contributed by atoms with Crippen LogP contribution in [0.4, 0.5) is 0 Å². The highest BCUT2D eigenvalue weighted by Gasteiger charge is 2.38. The van der Waals surface area contributed by atoms with Crippen LogP contribution in [0, 0.1) is 0 Å². The third-order valence-corrected chi connectivity index (χ3v) is 17.4. The van der Waals surface area contributed by atoms with Crippen molar-refractivity contribution >= 4 is 54.1 Å². The Morgan fingerprint density at radius 1 is 0.636 bits per heavy atom. The molecule has 0 amide bonds. The topological polar surface area (TPSA) is 18.5 Å². The maximum Gasteiger partial charge on any atom is 0.192 e. The lowest BCUT2D eigenvalue weighted by molar-refractivity contribution is 0.277. The molecule has 2 nitrogen and oxygen atoms in total. The Bertz CT molecular complexity index is 1150. The van der Waals surface area contributed by atoms with E-state index in [1.54, 1.807) is 0 Å². The number of halogens is 1. The average Bonchev–Trinajstić information content (AvgIpc) is 2.68. The lowest BCUT2D eigenvalue weighted by Gasteiger charge is -2.37. The second kappa shape index (κ2) is 9.23. The van der Waals surface area contributed by atoms with E-state index in [1.807, 2.05) is 0 Å². The predicted molar refractivity (Wildman–Crippen MR) is 153 cm³/mol. The van der Waals surface area contributed by atoms with Gasteiger partial charge in [0.15, 0.2) is 16.6 Å². The molecule has 0 saturated carbocycles. The van der Waals surface area contributed by atoms with Gasteiger partial charge in [0, 0.05) is 4.47 Å². The van der Waals surface area contributed by atoms with Gasteiger partial charge in [-0.05, 0) is 81.1 Å². The molecule has 0 unspecified atom stereocenters. The Morgan fingerprint density at radius 3 is 1.45 bits per heavy atom. The van der Waals surface area contributed by atoms with Crippen molar-refractivity contribution in [2.45, 2.75) is 91.0 Å². The number of hydrogen-bond donors (Lipinski definition) is 0. The zero-order chi connectivity index (χ0) is 24.8. The molecule has 0 N–H and O–H groups in total. The van der Waals surface area contributed by atoms with Crippen LogP contribution in [0.1, 0.15) is 52.7 Å². The van der Waals surface area contributed by atoms with Gasteiger partial charge in [-0.15, -0.1) is 0 Å². The van der Waals surface area contributed by atoms with Crippen molar-refractivity contribution in [2.75, 3.05) is 0 Å². The fourth-order valence-corrected chi connectivity index (χ4v) is 5.82. The summed E-state index contributed by atoms with van der Waals surface area (Å²) in [5.74, 6) is 0. The van der Waals surface area contributed by atoms with Crippen molar-refractivity contribution in [2.24, 2.45) is 0 Å². The first-order valence-electron chi connectivity index (χ1n) is 11.9. The van der Waals surface area contributed by atoms with Gasteiger partial charge < -0.3 is 8.85 Å². The lowest BCUT2D eigenvalue weighted by Crippen LogP contribution is -2.40. The van der Waals surface area contributed by atoms with Gasteiger partial charge in [0.25, 0.3) is 0 Å². The minimum absolute atomic E-state index is 0.177. The maximum atomic E-state index is 6.73. The Morgan fingerprint density at radius 2 is 1.03 bits per heavy atom. The zero-order valence-corrected chi connectivity index (χ0v) is 25.7. The largest absolute Gasteiger partial charge is 0.413 e. The SMILES string of the molecule is CC(C)(C)[Si](C)(C)OCc1c2ccccc2c(CO[Si](C)(C)C(C)(C)C)c2cc(Br)ccc12. The van der Waals surface area contributed by atoms with Crippen molar-refractivity contribution in [3.63, 3.8) is 0 Å². The lowest BCUT2D eigenvalue weighted by atomic mass is 9.92. The van der Waals surface area contributed by atoms with E-state index in [0.717, 1.165) is 4.47 Å². The standard InChI is InChI=1S/C28H41BrO2Si2/c1-27(2,3)32(7,8)30-18-25-21-13-11-12-14-22(21)26(19-31-33(9,10)28(4,5)6)24-17-20(29)15-16-23(24)25/h11-17H,18-19H2,1-10H3. The van der Waals surface area contributed by atoms with Crippen molar-refractivity contribution in [3.8, 4) is 0 Å². The van der Waals surface area contributed by atoms with E-state index < -0.39 is 16.6 Å². The van der Waals surface area contributed by atoms with Crippen LogP contribution in [0.15, 0.2) is 46.9 Å². The molecule has 0 heterocycles. The molecule has 3 rings (SSSR count). The van der Waals surface area contributed by atoms with E-state index in [0.29, 0.717) is 13.2 Å². The maximum absolute atomic E-state index is 6.73. The van der Waals surface area contributed by atoms with E-state index >= 15 is 0 Å². The highest BCUT2D eigenvalue weighted by atomic mass is 79.9. The van der Waals surface area contributed by atoms with Gasteiger partial charge in [0.1, 0.15) is 0 Å². The van der Waals surface area contributed by atoms with Gasteiger partial charge in [-0.25, -0.2) is 0 Å². The fraction of sp³-hybridized carbons (Fsp3) is 0.500. The molecule has 0 aliphatic carbocycles. The summed E-state index contributed by atoms with van der Waals surface area (Å²) >= 11 is 3.72. The van der Waals surface area contributed by atoms with Gasteiger partial charge >= 0.3 is 0 Å². The molecular weight excluding hydrogens is 504 g/mol. The first-order chi connectivity index (χ1) is 15.1. The van der Waals surface area contributed by atoms with Crippen LogP contribution < -0.4 is 0 Å². The van der Waals surface area contributed by atoms with E-state index in [-0.39, 0.29) is 10.1 Å². The molecule has 3 aromatic carbocycles. The second-order valence-corrected chi connectivity index (χ2v) is 22.8. The van der Waals surface area contributed by atoms with Crippen molar-refractivity contribution in [3.05, 3.63) is 58.1 Å². The highest BCUT2D eigenvalue weighted by Crippen LogP contribution is 2.41. The molecule has 0 atom stereocenters. The minimum Gasteiger partial charge on any atom is -0.413 e. The predicted octanol–water partition coefficient (Wildman–Crippen LogP) is 9.80. The first-order valence-corrected chi connectivity index (χ1v) is 18.6. The van der Waals surface area contributed by atoms with E-state index in [4.69, 9.17) is 8.85 Å². The van der Waals surface area contributed by atoms with Crippen LogP contribution in [0.5, 0.6) is 0 Å². The summed E-state index contributed by atoms with van der Waals surface area (Å²) in [5.41, 5.74) is 2.57. The molecule has 5 heteroatoms. The molecule has 180 valence electrons.